The van der Waals surface area contributed by atoms with Crippen molar-refractivity contribution in [3.05, 3.63) is 54.0 Å². The normalized spacial score (nSPS) is 10.5. The molecule has 2 rings (SSSR count). The van der Waals surface area contributed by atoms with E-state index in [0.29, 0.717) is 36.9 Å². The van der Waals surface area contributed by atoms with Gasteiger partial charge in [-0.25, -0.2) is 0 Å². The van der Waals surface area contributed by atoms with Crippen LogP contribution in [0.4, 0.5) is 0 Å². The van der Waals surface area contributed by atoms with E-state index >= 15 is 0 Å². The van der Waals surface area contributed by atoms with Gasteiger partial charge in [0.2, 0.25) is 0 Å². The Labute approximate surface area is 141 Å². The zero-order chi connectivity index (χ0) is 17.4. The van der Waals surface area contributed by atoms with Gasteiger partial charge >= 0.3 is 0 Å². The molecule has 0 saturated heterocycles. The summed E-state index contributed by atoms with van der Waals surface area (Å²) in [7, 11) is 0. The van der Waals surface area contributed by atoms with Crippen molar-refractivity contribution in [2.75, 3.05) is 19.7 Å². The quantitative estimate of drug-likeness (QED) is 0.729. The molecule has 6 heteroatoms. The second-order valence-corrected chi connectivity index (χ2v) is 5.72. The molecule has 0 atom stereocenters. The van der Waals surface area contributed by atoms with Crippen molar-refractivity contribution in [1.29, 1.82) is 0 Å². The maximum absolute atomic E-state index is 12.1. The van der Waals surface area contributed by atoms with Crippen molar-refractivity contribution in [1.82, 2.24) is 10.6 Å². The molecule has 0 radical (unpaired) electrons. The number of furan rings is 1. The van der Waals surface area contributed by atoms with E-state index in [0.717, 1.165) is 0 Å². The van der Waals surface area contributed by atoms with Crippen LogP contribution in [0.25, 0.3) is 0 Å². The number of benzene rings is 1. The van der Waals surface area contributed by atoms with Crippen molar-refractivity contribution in [2.45, 2.75) is 13.8 Å². The topological polar surface area (TPSA) is 80.6 Å². The minimum Gasteiger partial charge on any atom is -0.493 e. The van der Waals surface area contributed by atoms with Crippen LogP contribution in [0.15, 0.2) is 47.1 Å². The average molecular weight is 330 g/mol. The molecule has 0 spiro atoms. The van der Waals surface area contributed by atoms with Crippen molar-refractivity contribution in [3.63, 3.8) is 0 Å². The Hall–Kier alpha value is -2.76. The summed E-state index contributed by atoms with van der Waals surface area (Å²) < 4.78 is 10.6. The summed E-state index contributed by atoms with van der Waals surface area (Å²) in [6.07, 6.45) is 1.44. The van der Waals surface area contributed by atoms with Crippen LogP contribution in [0.5, 0.6) is 5.75 Å². The second-order valence-electron chi connectivity index (χ2n) is 5.72. The molecule has 128 valence electrons. The number of ether oxygens (including phenoxy) is 1. The Morgan fingerprint density at radius 2 is 1.83 bits per heavy atom. The van der Waals surface area contributed by atoms with E-state index in [1.165, 1.54) is 6.26 Å². The molecule has 1 heterocycles. The zero-order valence-electron chi connectivity index (χ0n) is 13.9. The molecule has 1 aromatic carbocycles. The maximum Gasteiger partial charge on any atom is 0.287 e. The van der Waals surface area contributed by atoms with Crippen molar-refractivity contribution in [3.8, 4) is 5.75 Å². The third-order valence-electron chi connectivity index (χ3n) is 3.12. The number of hydrogen-bond acceptors (Lipinski definition) is 4. The predicted molar refractivity (Wildman–Crippen MR) is 90.1 cm³/mol. The molecule has 0 aliphatic carbocycles. The van der Waals surface area contributed by atoms with Crippen LogP contribution in [0, 0.1) is 5.92 Å². The minimum atomic E-state index is -0.307. The highest BCUT2D eigenvalue weighted by atomic mass is 16.5. The zero-order valence-corrected chi connectivity index (χ0v) is 13.9. The highest BCUT2D eigenvalue weighted by Crippen LogP contribution is 2.14. The lowest BCUT2D eigenvalue weighted by atomic mass is 10.2. The standard InChI is InChI=1S/C18H22N2O4/c1-13(2)12-24-15-6-3-5-14(11-15)17(21)19-8-9-20-18(22)16-7-4-10-23-16/h3-7,10-11,13H,8-9,12H2,1-2H3,(H,19,21)(H,20,22). The fourth-order valence-electron chi connectivity index (χ4n) is 1.94. The molecule has 0 aliphatic heterocycles. The van der Waals surface area contributed by atoms with Crippen LogP contribution in [-0.4, -0.2) is 31.5 Å². The Morgan fingerprint density at radius 1 is 1.08 bits per heavy atom. The molecule has 2 aromatic rings. The first-order valence-electron chi connectivity index (χ1n) is 7.89. The number of carbonyl (C=O) groups is 2. The van der Waals surface area contributed by atoms with E-state index in [1.54, 1.807) is 30.3 Å². The van der Waals surface area contributed by atoms with Crippen molar-refractivity contribution >= 4 is 11.8 Å². The summed E-state index contributed by atoms with van der Waals surface area (Å²) in [5.41, 5.74) is 0.522. The number of carbonyl (C=O) groups excluding carboxylic acids is 2. The van der Waals surface area contributed by atoms with Crippen LogP contribution < -0.4 is 15.4 Å². The first kappa shape index (κ1) is 17.6. The molecule has 6 nitrogen and oxygen atoms in total. The predicted octanol–water partition coefficient (Wildman–Crippen LogP) is 2.47. The maximum atomic E-state index is 12.1. The molecule has 0 aliphatic rings. The lowest BCUT2D eigenvalue weighted by Crippen LogP contribution is -2.34. The first-order valence-corrected chi connectivity index (χ1v) is 7.89. The van der Waals surface area contributed by atoms with E-state index in [1.807, 2.05) is 6.07 Å². The van der Waals surface area contributed by atoms with Crippen molar-refractivity contribution in [2.24, 2.45) is 5.92 Å². The van der Waals surface area contributed by atoms with Gasteiger partial charge in [0.05, 0.1) is 12.9 Å². The summed E-state index contributed by atoms with van der Waals surface area (Å²) in [5, 5.41) is 5.42. The third-order valence-corrected chi connectivity index (χ3v) is 3.12. The monoisotopic (exact) mass is 330 g/mol. The molecule has 24 heavy (non-hydrogen) atoms. The molecule has 0 unspecified atom stereocenters. The Morgan fingerprint density at radius 3 is 2.50 bits per heavy atom. The average Bonchev–Trinajstić information content (AvgIpc) is 3.11. The molecule has 1 aromatic heterocycles. The molecular weight excluding hydrogens is 308 g/mol. The van der Waals surface area contributed by atoms with E-state index in [9.17, 15) is 9.59 Å². The van der Waals surface area contributed by atoms with Gasteiger partial charge in [0.15, 0.2) is 5.76 Å². The van der Waals surface area contributed by atoms with Gasteiger partial charge in [0, 0.05) is 18.7 Å². The number of nitrogens with one attached hydrogen (secondary N) is 2. The molecular formula is C18H22N2O4. The second kappa shape index (κ2) is 8.76. The highest BCUT2D eigenvalue weighted by molar-refractivity contribution is 5.94. The van der Waals surface area contributed by atoms with Crippen molar-refractivity contribution < 1.29 is 18.7 Å². The lowest BCUT2D eigenvalue weighted by Gasteiger charge is -2.10. The molecule has 0 bridgehead atoms. The van der Waals surface area contributed by atoms with Gasteiger partial charge in [-0.15, -0.1) is 0 Å². The Kier molecular flexibility index (Phi) is 6.42. The first-order chi connectivity index (χ1) is 11.6. The van der Waals surface area contributed by atoms with Crippen LogP contribution in [0.2, 0.25) is 0 Å². The van der Waals surface area contributed by atoms with Crippen LogP contribution in [0.3, 0.4) is 0 Å². The van der Waals surface area contributed by atoms with Crippen LogP contribution in [-0.2, 0) is 0 Å². The van der Waals surface area contributed by atoms with Gasteiger partial charge in [0.1, 0.15) is 5.75 Å². The summed E-state index contributed by atoms with van der Waals surface area (Å²) in [6.45, 7) is 5.36. The van der Waals surface area contributed by atoms with E-state index in [4.69, 9.17) is 9.15 Å². The third kappa shape index (κ3) is 5.46. The van der Waals surface area contributed by atoms with Gasteiger partial charge in [-0.3, -0.25) is 9.59 Å². The fourth-order valence-corrected chi connectivity index (χ4v) is 1.94. The minimum absolute atomic E-state index is 0.211. The van der Waals surface area contributed by atoms with E-state index < -0.39 is 0 Å². The number of hydrogen-bond donors (Lipinski definition) is 2. The largest absolute Gasteiger partial charge is 0.493 e. The number of rotatable bonds is 8. The Bertz CT molecular complexity index is 665. The Balaban J connectivity index is 1.76. The smallest absolute Gasteiger partial charge is 0.287 e. The number of amides is 2. The lowest BCUT2D eigenvalue weighted by molar-refractivity contribution is 0.0910. The van der Waals surface area contributed by atoms with E-state index in [2.05, 4.69) is 24.5 Å². The highest BCUT2D eigenvalue weighted by Gasteiger charge is 2.09. The summed E-state index contributed by atoms with van der Waals surface area (Å²) in [4.78, 5) is 23.8. The molecule has 2 N–H and O–H groups in total. The molecule has 0 saturated carbocycles. The summed E-state index contributed by atoms with van der Waals surface area (Å²) in [5.74, 6) is 0.814. The fraction of sp³-hybridized carbons (Fsp3) is 0.333. The summed E-state index contributed by atoms with van der Waals surface area (Å²) in [6, 6.07) is 10.3. The molecule has 2 amide bonds. The van der Waals surface area contributed by atoms with Crippen LogP contribution in [0.1, 0.15) is 34.8 Å². The van der Waals surface area contributed by atoms with Gasteiger partial charge in [-0.1, -0.05) is 19.9 Å². The van der Waals surface area contributed by atoms with Gasteiger partial charge in [-0.2, -0.15) is 0 Å². The van der Waals surface area contributed by atoms with Gasteiger partial charge in [0.25, 0.3) is 11.8 Å². The SMILES string of the molecule is CC(C)COc1cccc(C(=O)NCCNC(=O)c2ccco2)c1. The van der Waals surface area contributed by atoms with Gasteiger partial charge < -0.3 is 19.8 Å². The molecule has 0 fully saturated rings. The van der Waals surface area contributed by atoms with E-state index in [-0.39, 0.29) is 17.6 Å². The summed E-state index contributed by atoms with van der Waals surface area (Å²) >= 11 is 0. The van der Waals surface area contributed by atoms with Gasteiger partial charge in [-0.05, 0) is 36.2 Å². The van der Waals surface area contributed by atoms with Crippen LogP contribution >= 0.6 is 0 Å².